The fraction of sp³-hybridized carbons (Fsp3) is 0.176. The fourth-order valence-corrected chi connectivity index (χ4v) is 3.31. The van der Waals surface area contributed by atoms with Crippen molar-refractivity contribution in [1.29, 1.82) is 0 Å². The second-order valence-corrected chi connectivity index (χ2v) is 8.44. The van der Waals surface area contributed by atoms with Crippen molar-refractivity contribution in [1.82, 2.24) is 15.0 Å². The molecule has 0 bridgehead atoms. The number of nitrogens with one attached hydrogen (secondary N) is 2. The van der Waals surface area contributed by atoms with Crippen LogP contribution < -0.4 is 10.8 Å². The Labute approximate surface area is 181 Å². The Morgan fingerprint density at radius 2 is 2.17 bits per heavy atom. The number of carbonyl (C=O) groups excluding carboxylic acids is 1. The lowest BCUT2D eigenvalue weighted by atomic mass is 9.66. The molecule has 0 atom stereocenters. The number of halogens is 3. The van der Waals surface area contributed by atoms with E-state index in [0.717, 1.165) is 4.47 Å². The fourth-order valence-electron chi connectivity index (χ4n) is 2.58. The van der Waals surface area contributed by atoms with E-state index in [1.54, 1.807) is 29.8 Å². The van der Waals surface area contributed by atoms with Gasteiger partial charge in [-0.2, -0.15) is 0 Å². The molecule has 3 N–H and O–H groups in total. The van der Waals surface area contributed by atoms with Crippen molar-refractivity contribution in [2.24, 2.45) is 7.05 Å². The van der Waals surface area contributed by atoms with Gasteiger partial charge in [0.25, 0.3) is 5.91 Å². The molecule has 0 aliphatic rings. The van der Waals surface area contributed by atoms with Crippen LogP contribution in [0.15, 0.2) is 35.1 Å². The van der Waals surface area contributed by atoms with Crippen LogP contribution in [0.3, 0.4) is 0 Å². The molecule has 0 fully saturated rings. The van der Waals surface area contributed by atoms with Crippen LogP contribution in [0.4, 0.5) is 15.8 Å². The Morgan fingerprint density at radius 3 is 2.83 bits per heavy atom. The average molecular weight is 481 g/mol. The predicted molar refractivity (Wildman–Crippen MR) is 119 cm³/mol. The van der Waals surface area contributed by atoms with E-state index in [1.165, 1.54) is 28.1 Å². The number of rotatable bonds is 6. The zero-order valence-electron chi connectivity index (χ0n) is 15.9. The molecule has 1 aromatic heterocycles. The Morgan fingerprint density at radius 1 is 1.45 bits per heavy atom. The van der Waals surface area contributed by atoms with Crippen LogP contribution in [0, 0.1) is 5.82 Å². The maximum Gasteiger partial charge on any atom is 0.277 e. The lowest BCUT2D eigenvalue weighted by Crippen LogP contribution is -2.39. The zero-order chi connectivity index (χ0) is 21.3. The number of carbonyl (C=O) groups is 1. The van der Waals surface area contributed by atoms with Crippen LogP contribution in [-0.4, -0.2) is 48.3 Å². The van der Waals surface area contributed by atoms with Gasteiger partial charge in [0.05, 0.1) is 40.4 Å². The van der Waals surface area contributed by atoms with Gasteiger partial charge < -0.3 is 15.0 Å². The van der Waals surface area contributed by atoms with Gasteiger partial charge in [-0.3, -0.25) is 9.63 Å². The summed E-state index contributed by atoms with van der Waals surface area (Å²) in [6, 6.07) is 6.54. The van der Waals surface area contributed by atoms with Crippen LogP contribution in [0.1, 0.15) is 10.4 Å². The number of aryl methyl sites for hydroxylation is 1. The number of amides is 1. The molecule has 0 radical (unpaired) electrons. The van der Waals surface area contributed by atoms with Crippen LogP contribution in [0.5, 0.6) is 0 Å². The highest BCUT2D eigenvalue weighted by Gasteiger charge is 2.23. The zero-order valence-corrected chi connectivity index (χ0v) is 18.2. The summed E-state index contributed by atoms with van der Waals surface area (Å²) in [4.78, 5) is 21.8. The standard InChI is InChI=1S/C17H17B2BrClFN4O3/c1-26-7-23-15-12(26)5-9(16(27)25-29-6-17(18,19)28)14(13(15)22)24-11-3-2-8(20)4-10(11)21/h2-5,7,24,28H,6,18-19H2,1H3,(H,25,27). The van der Waals surface area contributed by atoms with Gasteiger partial charge in [0.2, 0.25) is 0 Å². The van der Waals surface area contributed by atoms with Gasteiger partial charge in [-0.05, 0) is 24.3 Å². The molecule has 3 aromatic rings. The molecule has 0 aliphatic carbocycles. The highest BCUT2D eigenvalue weighted by Crippen LogP contribution is 2.34. The first-order valence-electron chi connectivity index (χ1n) is 8.57. The summed E-state index contributed by atoms with van der Waals surface area (Å²) in [6.07, 6.45) is 1.45. The van der Waals surface area contributed by atoms with Gasteiger partial charge in [-0.15, -0.1) is 0 Å². The second-order valence-electron chi connectivity index (χ2n) is 7.12. The molecule has 0 unspecified atom stereocenters. The number of aromatic nitrogens is 2. The highest BCUT2D eigenvalue weighted by atomic mass is 79.9. The van der Waals surface area contributed by atoms with Crippen molar-refractivity contribution in [3.63, 3.8) is 0 Å². The minimum absolute atomic E-state index is 0.00617. The van der Waals surface area contributed by atoms with Crippen molar-refractivity contribution in [3.05, 3.63) is 51.5 Å². The predicted octanol–water partition coefficient (Wildman–Crippen LogP) is 1.45. The van der Waals surface area contributed by atoms with E-state index in [1.807, 2.05) is 0 Å². The SMILES string of the molecule is BC(B)(O)CONC(=O)c1cc2c(ncn2C)c(F)c1Nc1ccc(Br)cc1Cl. The molecule has 7 nitrogen and oxygen atoms in total. The quantitative estimate of drug-likeness (QED) is 0.367. The molecule has 12 heteroatoms. The number of nitrogens with zero attached hydrogens (tertiary/aromatic N) is 2. The first kappa shape index (κ1) is 21.6. The summed E-state index contributed by atoms with van der Waals surface area (Å²) in [5.41, 5.74) is 3.09. The lowest BCUT2D eigenvalue weighted by molar-refractivity contribution is -0.00287. The molecule has 0 saturated heterocycles. The number of aliphatic hydroxyl groups is 1. The van der Waals surface area contributed by atoms with Crippen LogP contribution in [0.2, 0.25) is 5.02 Å². The number of hydroxylamine groups is 1. The van der Waals surface area contributed by atoms with Crippen LogP contribution in [-0.2, 0) is 11.9 Å². The van der Waals surface area contributed by atoms with Gasteiger partial charge in [0, 0.05) is 16.9 Å². The number of hydrogen-bond acceptors (Lipinski definition) is 5. The van der Waals surface area contributed by atoms with E-state index >= 15 is 4.39 Å². The van der Waals surface area contributed by atoms with Crippen molar-refractivity contribution < 1.29 is 19.1 Å². The second kappa shape index (κ2) is 8.35. The summed E-state index contributed by atoms with van der Waals surface area (Å²) in [7, 11) is 4.76. The van der Waals surface area contributed by atoms with Crippen molar-refractivity contribution in [2.75, 3.05) is 11.9 Å². The Bertz CT molecular complexity index is 1090. The van der Waals surface area contributed by atoms with E-state index in [0.29, 0.717) is 16.2 Å². The molecule has 3 rings (SSSR count). The third-order valence-corrected chi connectivity index (χ3v) is 4.79. The Balaban J connectivity index is 2.03. The van der Waals surface area contributed by atoms with E-state index in [2.05, 4.69) is 31.7 Å². The van der Waals surface area contributed by atoms with E-state index < -0.39 is 17.1 Å². The molecule has 29 heavy (non-hydrogen) atoms. The summed E-state index contributed by atoms with van der Waals surface area (Å²) < 4.78 is 17.6. The van der Waals surface area contributed by atoms with E-state index in [4.69, 9.17) is 16.4 Å². The maximum absolute atomic E-state index is 15.3. The molecule has 0 aliphatic heterocycles. The summed E-state index contributed by atoms with van der Waals surface area (Å²) in [5, 5.41) is 11.8. The van der Waals surface area contributed by atoms with Gasteiger partial charge in [0.1, 0.15) is 21.2 Å². The molecule has 150 valence electrons. The highest BCUT2D eigenvalue weighted by molar-refractivity contribution is 9.10. The van der Waals surface area contributed by atoms with Gasteiger partial charge in [-0.25, -0.2) is 14.9 Å². The minimum atomic E-state index is -1.14. The Hall–Kier alpha value is -2.07. The third kappa shape index (κ3) is 4.92. The number of fused-ring (bicyclic) bond motifs is 1. The summed E-state index contributed by atoms with van der Waals surface area (Å²) in [5.74, 6) is -1.39. The van der Waals surface area contributed by atoms with E-state index in [-0.39, 0.29) is 23.4 Å². The Kier molecular flexibility index (Phi) is 6.23. The van der Waals surface area contributed by atoms with Gasteiger partial charge in [0.15, 0.2) is 5.82 Å². The van der Waals surface area contributed by atoms with Crippen molar-refractivity contribution in [3.8, 4) is 0 Å². The maximum atomic E-state index is 15.3. The summed E-state index contributed by atoms with van der Waals surface area (Å²) >= 11 is 9.55. The largest absolute Gasteiger partial charge is 0.405 e. The monoisotopic (exact) mass is 480 g/mol. The molecule has 2 aromatic carbocycles. The van der Waals surface area contributed by atoms with Gasteiger partial charge in [-0.1, -0.05) is 27.5 Å². The number of imidazole rings is 1. The lowest BCUT2D eigenvalue weighted by Gasteiger charge is -2.18. The van der Waals surface area contributed by atoms with Crippen molar-refractivity contribution >= 4 is 71.5 Å². The smallest absolute Gasteiger partial charge is 0.277 e. The normalized spacial score (nSPS) is 11.6. The molecular weight excluding hydrogens is 464 g/mol. The minimum Gasteiger partial charge on any atom is -0.405 e. The van der Waals surface area contributed by atoms with Gasteiger partial charge >= 0.3 is 0 Å². The number of anilines is 2. The molecule has 1 amide bonds. The molecule has 1 heterocycles. The third-order valence-electron chi connectivity index (χ3n) is 3.99. The average Bonchev–Trinajstić information content (AvgIpc) is 2.99. The number of benzene rings is 2. The topological polar surface area (TPSA) is 88.4 Å². The van der Waals surface area contributed by atoms with Crippen LogP contribution >= 0.6 is 27.5 Å². The molecular formula is C17H17B2BrClFN4O3. The van der Waals surface area contributed by atoms with Crippen LogP contribution in [0.25, 0.3) is 11.0 Å². The van der Waals surface area contributed by atoms with E-state index in [9.17, 15) is 9.90 Å². The van der Waals surface area contributed by atoms with Crippen molar-refractivity contribution in [2.45, 2.75) is 5.40 Å². The molecule has 0 spiro atoms. The first-order valence-corrected chi connectivity index (χ1v) is 9.74. The molecule has 0 saturated carbocycles. The number of hydrogen-bond donors (Lipinski definition) is 3. The first-order chi connectivity index (χ1) is 13.6. The summed E-state index contributed by atoms with van der Waals surface area (Å²) in [6.45, 7) is -0.142.